The Kier molecular flexibility index (Phi) is 5.63. The molecule has 1 aliphatic heterocycles. The molecular formula is C28H27NO4. The van der Waals surface area contributed by atoms with E-state index < -0.39 is 17.5 Å². The zero-order chi connectivity index (χ0) is 22.8. The number of rotatable bonds is 5. The van der Waals surface area contributed by atoms with Crippen molar-refractivity contribution in [2.45, 2.75) is 25.2 Å². The lowest BCUT2D eigenvalue weighted by molar-refractivity contribution is -0.152. The number of fused-ring (bicyclic) bond motifs is 3. The van der Waals surface area contributed by atoms with Gasteiger partial charge in [0.05, 0.1) is 5.41 Å². The van der Waals surface area contributed by atoms with Crippen LogP contribution in [0.3, 0.4) is 0 Å². The third kappa shape index (κ3) is 3.99. The van der Waals surface area contributed by atoms with Crippen molar-refractivity contribution in [1.82, 2.24) is 4.90 Å². The molecule has 2 aliphatic rings. The fourth-order valence-corrected chi connectivity index (χ4v) is 5.35. The zero-order valence-corrected chi connectivity index (χ0v) is 18.4. The number of ether oxygens (including phenoxy) is 1. The maximum Gasteiger partial charge on any atom is 0.409 e. The highest BCUT2D eigenvalue weighted by Crippen LogP contribution is 2.44. The Balaban J connectivity index is 1.31. The molecule has 5 nitrogen and oxygen atoms in total. The number of carboxylic acids is 1. The number of benzene rings is 3. The number of hydrogen-bond acceptors (Lipinski definition) is 3. The first-order valence-corrected chi connectivity index (χ1v) is 11.4. The van der Waals surface area contributed by atoms with Crippen molar-refractivity contribution in [2.75, 3.05) is 19.7 Å². The quantitative estimate of drug-likeness (QED) is 0.580. The minimum Gasteiger partial charge on any atom is -0.481 e. The summed E-state index contributed by atoms with van der Waals surface area (Å²) >= 11 is 0. The minimum atomic E-state index is -0.995. The van der Waals surface area contributed by atoms with Gasteiger partial charge in [0, 0.05) is 19.0 Å². The molecule has 5 heteroatoms. The van der Waals surface area contributed by atoms with Crippen molar-refractivity contribution in [3.63, 3.8) is 0 Å². The van der Waals surface area contributed by atoms with Crippen LogP contribution in [0, 0.1) is 5.41 Å². The van der Waals surface area contributed by atoms with Crippen molar-refractivity contribution in [3.8, 4) is 11.1 Å². The fourth-order valence-electron chi connectivity index (χ4n) is 5.35. The van der Waals surface area contributed by atoms with Gasteiger partial charge in [0.1, 0.15) is 6.61 Å². The van der Waals surface area contributed by atoms with Gasteiger partial charge in [-0.3, -0.25) is 4.79 Å². The fraction of sp³-hybridized carbons (Fsp3) is 0.286. The molecule has 0 aromatic heterocycles. The highest BCUT2D eigenvalue weighted by Gasteiger charge is 2.44. The van der Waals surface area contributed by atoms with Gasteiger partial charge < -0.3 is 14.7 Å². The number of carbonyl (C=O) groups excluding carboxylic acids is 1. The SMILES string of the molecule is O=C(OCC1c2ccccc2-c2ccccc21)N1CCC[C@](Cc2ccccc2)(C(=O)O)C1. The van der Waals surface area contributed by atoms with Gasteiger partial charge in [0.15, 0.2) is 0 Å². The summed E-state index contributed by atoms with van der Waals surface area (Å²) in [7, 11) is 0. The predicted octanol–water partition coefficient (Wildman–Crippen LogP) is 5.35. The second-order valence-electron chi connectivity index (χ2n) is 9.08. The molecule has 1 fully saturated rings. The summed E-state index contributed by atoms with van der Waals surface area (Å²) in [6.45, 7) is 0.913. The number of likely N-dealkylation sites (tertiary alicyclic amines) is 1. The van der Waals surface area contributed by atoms with Crippen LogP contribution < -0.4 is 0 Å². The summed E-state index contributed by atoms with van der Waals surface area (Å²) < 4.78 is 5.80. The first kappa shape index (κ1) is 21.3. The number of nitrogens with zero attached hydrogens (tertiary/aromatic N) is 1. The smallest absolute Gasteiger partial charge is 0.409 e. The lowest BCUT2D eigenvalue weighted by Crippen LogP contribution is -2.51. The number of piperidine rings is 1. The zero-order valence-electron chi connectivity index (χ0n) is 18.4. The number of amides is 1. The third-order valence-electron chi connectivity index (χ3n) is 7.01. The molecule has 1 saturated heterocycles. The van der Waals surface area contributed by atoms with Crippen LogP contribution in [0.1, 0.15) is 35.4 Å². The summed E-state index contributed by atoms with van der Waals surface area (Å²) in [5.74, 6) is -0.873. The molecule has 1 N–H and O–H groups in total. The Hall–Kier alpha value is -3.60. The third-order valence-corrected chi connectivity index (χ3v) is 7.01. The maximum atomic E-state index is 13.1. The number of aliphatic carboxylic acids is 1. The summed E-state index contributed by atoms with van der Waals surface area (Å²) in [6.07, 6.45) is 1.15. The first-order chi connectivity index (χ1) is 16.1. The van der Waals surface area contributed by atoms with Crippen molar-refractivity contribution in [2.24, 2.45) is 5.41 Å². The van der Waals surface area contributed by atoms with E-state index in [1.54, 1.807) is 4.90 Å². The van der Waals surface area contributed by atoms with E-state index in [0.717, 1.165) is 16.7 Å². The van der Waals surface area contributed by atoms with Gasteiger partial charge in [-0.05, 0) is 47.1 Å². The monoisotopic (exact) mass is 441 g/mol. The molecular weight excluding hydrogens is 414 g/mol. The average molecular weight is 442 g/mol. The molecule has 1 heterocycles. The molecule has 3 aromatic carbocycles. The number of carbonyl (C=O) groups is 2. The maximum absolute atomic E-state index is 13.1. The van der Waals surface area contributed by atoms with E-state index in [-0.39, 0.29) is 19.1 Å². The Morgan fingerprint density at radius 3 is 2.15 bits per heavy atom. The van der Waals surface area contributed by atoms with Crippen LogP contribution in [0.5, 0.6) is 0 Å². The molecule has 0 saturated carbocycles. The summed E-state index contributed by atoms with van der Waals surface area (Å²) in [6, 6.07) is 26.1. The van der Waals surface area contributed by atoms with E-state index >= 15 is 0 Å². The van der Waals surface area contributed by atoms with E-state index in [1.807, 2.05) is 54.6 Å². The average Bonchev–Trinajstić information content (AvgIpc) is 3.17. The van der Waals surface area contributed by atoms with Gasteiger partial charge in [0.25, 0.3) is 0 Å². The second-order valence-corrected chi connectivity index (χ2v) is 9.08. The standard InChI is InChI=1S/C28H27NO4/c30-26(31)28(17-20-9-2-1-3-10-20)15-8-16-29(19-28)27(32)33-18-25-23-13-6-4-11-21(23)22-12-5-7-14-24(22)25/h1-7,9-14,25H,8,15-19H2,(H,30,31)/t28-/m1/s1. The highest BCUT2D eigenvalue weighted by atomic mass is 16.6. The van der Waals surface area contributed by atoms with E-state index in [0.29, 0.717) is 25.8 Å². The van der Waals surface area contributed by atoms with E-state index in [9.17, 15) is 14.7 Å². The molecule has 0 unspecified atom stereocenters. The number of carboxylic acid groups (broad SMARTS) is 1. The molecule has 1 atom stereocenters. The van der Waals surface area contributed by atoms with Crippen LogP contribution in [0.4, 0.5) is 4.79 Å². The minimum absolute atomic E-state index is 0.0142. The molecule has 3 aromatic rings. The summed E-state index contributed by atoms with van der Waals surface area (Å²) in [4.78, 5) is 26.9. The van der Waals surface area contributed by atoms with Crippen LogP contribution in [0.25, 0.3) is 11.1 Å². The Morgan fingerprint density at radius 1 is 0.909 bits per heavy atom. The molecule has 0 spiro atoms. The Labute approximate surface area is 193 Å². The molecule has 33 heavy (non-hydrogen) atoms. The molecule has 0 radical (unpaired) electrons. The topological polar surface area (TPSA) is 66.8 Å². The van der Waals surface area contributed by atoms with Crippen molar-refractivity contribution >= 4 is 12.1 Å². The molecule has 0 bridgehead atoms. The van der Waals surface area contributed by atoms with Crippen LogP contribution in [-0.4, -0.2) is 41.8 Å². The van der Waals surface area contributed by atoms with Gasteiger partial charge in [-0.1, -0.05) is 78.9 Å². The Bertz CT molecular complexity index is 1130. The van der Waals surface area contributed by atoms with Gasteiger partial charge in [0.2, 0.25) is 0 Å². The van der Waals surface area contributed by atoms with Crippen LogP contribution in [0.15, 0.2) is 78.9 Å². The molecule has 168 valence electrons. The molecule has 5 rings (SSSR count). The highest BCUT2D eigenvalue weighted by molar-refractivity contribution is 5.79. The summed E-state index contributed by atoms with van der Waals surface area (Å²) in [5, 5.41) is 10.1. The first-order valence-electron chi connectivity index (χ1n) is 11.4. The molecule has 1 aliphatic carbocycles. The van der Waals surface area contributed by atoms with Crippen molar-refractivity contribution in [3.05, 3.63) is 95.6 Å². The second kappa shape index (κ2) is 8.74. The van der Waals surface area contributed by atoms with Gasteiger partial charge >= 0.3 is 12.1 Å². The van der Waals surface area contributed by atoms with E-state index in [2.05, 4.69) is 24.3 Å². The van der Waals surface area contributed by atoms with Crippen LogP contribution >= 0.6 is 0 Å². The number of hydrogen-bond donors (Lipinski definition) is 1. The van der Waals surface area contributed by atoms with E-state index in [1.165, 1.54) is 11.1 Å². The predicted molar refractivity (Wildman–Crippen MR) is 126 cm³/mol. The Morgan fingerprint density at radius 2 is 1.52 bits per heavy atom. The van der Waals surface area contributed by atoms with Crippen LogP contribution in [0.2, 0.25) is 0 Å². The van der Waals surface area contributed by atoms with Gasteiger partial charge in [-0.15, -0.1) is 0 Å². The lowest BCUT2D eigenvalue weighted by atomic mass is 9.75. The van der Waals surface area contributed by atoms with Crippen molar-refractivity contribution in [1.29, 1.82) is 0 Å². The largest absolute Gasteiger partial charge is 0.481 e. The summed E-state index contributed by atoms with van der Waals surface area (Å²) in [5.41, 5.74) is 4.66. The van der Waals surface area contributed by atoms with Crippen LogP contribution in [-0.2, 0) is 16.0 Å². The molecule has 1 amide bonds. The lowest BCUT2D eigenvalue weighted by Gasteiger charge is -2.39. The normalized spacial score (nSPS) is 19.6. The van der Waals surface area contributed by atoms with Crippen molar-refractivity contribution < 1.29 is 19.4 Å². The van der Waals surface area contributed by atoms with Gasteiger partial charge in [-0.2, -0.15) is 0 Å². The van der Waals surface area contributed by atoms with E-state index in [4.69, 9.17) is 4.74 Å². The van der Waals surface area contributed by atoms with Gasteiger partial charge in [-0.25, -0.2) is 4.79 Å².